The van der Waals surface area contributed by atoms with Crippen LogP contribution in [0.25, 0.3) is 6.08 Å². The van der Waals surface area contributed by atoms with Gasteiger partial charge in [0.15, 0.2) is 0 Å². The minimum absolute atomic E-state index is 0.106. The molecule has 0 atom stereocenters. The molecule has 0 aliphatic rings. The molecule has 2 aromatic rings. The molecule has 20 heavy (non-hydrogen) atoms. The van der Waals surface area contributed by atoms with Crippen molar-refractivity contribution in [3.8, 4) is 0 Å². The van der Waals surface area contributed by atoms with E-state index < -0.39 is 0 Å². The largest absolute Gasteiger partial charge is 0.348 e. The van der Waals surface area contributed by atoms with E-state index in [0.717, 1.165) is 23.2 Å². The van der Waals surface area contributed by atoms with Gasteiger partial charge >= 0.3 is 0 Å². The molecule has 2 N–H and O–H groups in total. The van der Waals surface area contributed by atoms with Crippen molar-refractivity contribution >= 4 is 12.0 Å². The molecule has 1 amide bonds. The summed E-state index contributed by atoms with van der Waals surface area (Å²) in [6.07, 6.45) is 6.12. The van der Waals surface area contributed by atoms with Gasteiger partial charge in [-0.15, -0.1) is 0 Å². The van der Waals surface area contributed by atoms with E-state index in [1.165, 1.54) is 5.56 Å². The van der Waals surface area contributed by atoms with E-state index in [9.17, 15) is 4.79 Å². The van der Waals surface area contributed by atoms with Crippen LogP contribution in [0.15, 0.2) is 36.5 Å². The van der Waals surface area contributed by atoms with Crippen molar-refractivity contribution in [1.82, 2.24) is 15.5 Å². The number of amides is 1. The number of carbonyl (C=O) groups is 1. The average molecular weight is 269 g/mol. The zero-order valence-corrected chi connectivity index (χ0v) is 11.8. The topological polar surface area (TPSA) is 57.8 Å². The fourth-order valence-corrected chi connectivity index (χ4v) is 1.83. The summed E-state index contributed by atoms with van der Waals surface area (Å²) < 4.78 is 0. The quantitative estimate of drug-likeness (QED) is 0.820. The summed E-state index contributed by atoms with van der Waals surface area (Å²) in [5.41, 5.74) is 4.29. The van der Waals surface area contributed by atoms with Gasteiger partial charge in [0.05, 0.1) is 6.20 Å². The predicted molar refractivity (Wildman–Crippen MR) is 80.0 cm³/mol. The maximum absolute atomic E-state index is 11.7. The van der Waals surface area contributed by atoms with Crippen LogP contribution in [0.5, 0.6) is 0 Å². The minimum atomic E-state index is -0.106. The molecule has 0 aliphatic carbocycles. The monoisotopic (exact) mass is 269 g/mol. The highest BCUT2D eigenvalue weighted by molar-refractivity contribution is 5.91. The Morgan fingerprint density at radius 2 is 2.10 bits per heavy atom. The van der Waals surface area contributed by atoms with Gasteiger partial charge < -0.3 is 5.32 Å². The number of rotatable bonds is 5. The average Bonchev–Trinajstić information content (AvgIpc) is 2.89. The first-order valence-electron chi connectivity index (χ1n) is 6.72. The minimum Gasteiger partial charge on any atom is -0.348 e. The van der Waals surface area contributed by atoms with Gasteiger partial charge in [-0.05, 0) is 30.5 Å². The Morgan fingerprint density at radius 1 is 1.35 bits per heavy atom. The van der Waals surface area contributed by atoms with Crippen LogP contribution in [0, 0.1) is 6.92 Å². The molecule has 0 saturated carbocycles. The number of nitrogens with one attached hydrogen (secondary N) is 2. The van der Waals surface area contributed by atoms with Crippen LogP contribution < -0.4 is 5.32 Å². The number of hydrogen-bond acceptors (Lipinski definition) is 2. The SMILES string of the molecule is CCc1ccc(/C=C/C(=O)NCc2cn[nH]c2C)cc1. The van der Waals surface area contributed by atoms with Gasteiger partial charge in [-0.1, -0.05) is 31.2 Å². The first-order chi connectivity index (χ1) is 9.69. The number of benzene rings is 1. The zero-order valence-electron chi connectivity index (χ0n) is 11.8. The van der Waals surface area contributed by atoms with E-state index in [2.05, 4.69) is 34.6 Å². The second-order valence-corrected chi connectivity index (χ2v) is 4.67. The first-order valence-corrected chi connectivity index (χ1v) is 6.72. The van der Waals surface area contributed by atoms with Crippen LogP contribution >= 0.6 is 0 Å². The third-order valence-electron chi connectivity index (χ3n) is 3.20. The lowest BCUT2D eigenvalue weighted by Crippen LogP contribution is -2.20. The summed E-state index contributed by atoms with van der Waals surface area (Å²) in [5, 5.41) is 9.59. The number of aromatic nitrogens is 2. The number of hydrogen-bond donors (Lipinski definition) is 2. The summed E-state index contributed by atoms with van der Waals surface area (Å²) in [7, 11) is 0. The fraction of sp³-hybridized carbons (Fsp3) is 0.250. The predicted octanol–water partition coefficient (Wildman–Crippen LogP) is 2.61. The Bertz CT molecular complexity index is 596. The fourth-order valence-electron chi connectivity index (χ4n) is 1.83. The summed E-state index contributed by atoms with van der Waals surface area (Å²) in [6.45, 7) is 4.54. The van der Waals surface area contributed by atoms with Gasteiger partial charge in [-0.2, -0.15) is 5.10 Å². The lowest BCUT2D eigenvalue weighted by Gasteiger charge is -2.01. The molecule has 0 bridgehead atoms. The number of H-pyrrole nitrogens is 1. The van der Waals surface area contributed by atoms with Gasteiger partial charge in [0, 0.05) is 23.9 Å². The van der Waals surface area contributed by atoms with Gasteiger partial charge in [-0.3, -0.25) is 9.89 Å². The van der Waals surface area contributed by atoms with E-state index in [-0.39, 0.29) is 5.91 Å². The van der Waals surface area contributed by atoms with Crippen molar-refractivity contribution in [2.24, 2.45) is 0 Å². The van der Waals surface area contributed by atoms with Crippen molar-refractivity contribution in [3.05, 3.63) is 58.9 Å². The third kappa shape index (κ3) is 3.82. The van der Waals surface area contributed by atoms with Gasteiger partial charge in [0.2, 0.25) is 5.91 Å². The van der Waals surface area contributed by atoms with Crippen molar-refractivity contribution in [1.29, 1.82) is 0 Å². The van der Waals surface area contributed by atoms with E-state index >= 15 is 0 Å². The van der Waals surface area contributed by atoms with Crippen LogP contribution in [0.1, 0.15) is 29.3 Å². The molecular formula is C16H19N3O. The van der Waals surface area contributed by atoms with Crippen molar-refractivity contribution in [2.75, 3.05) is 0 Å². The third-order valence-corrected chi connectivity index (χ3v) is 3.20. The number of nitrogens with zero attached hydrogens (tertiary/aromatic N) is 1. The maximum Gasteiger partial charge on any atom is 0.244 e. The summed E-state index contributed by atoms with van der Waals surface area (Å²) in [4.78, 5) is 11.7. The number of aromatic amines is 1. The standard InChI is InChI=1S/C16H19N3O/c1-3-13-4-6-14(7-5-13)8-9-16(20)17-10-15-11-18-19-12(15)2/h4-9,11H,3,10H2,1-2H3,(H,17,20)(H,18,19)/b9-8+. The maximum atomic E-state index is 11.7. The smallest absolute Gasteiger partial charge is 0.244 e. The van der Waals surface area contributed by atoms with E-state index in [4.69, 9.17) is 0 Å². The molecule has 0 spiro atoms. The Labute approximate surface area is 118 Å². The van der Waals surface area contributed by atoms with E-state index in [0.29, 0.717) is 6.54 Å². The molecule has 104 valence electrons. The normalized spacial score (nSPS) is 10.9. The number of aryl methyl sites for hydroxylation is 2. The Balaban J connectivity index is 1.87. The summed E-state index contributed by atoms with van der Waals surface area (Å²) >= 11 is 0. The highest BCUT2D eigenvalue weighted by Crippen LogP contribution is 2.06. The molecule has 1 heterocycles. The summed E-state index contributed by atoms with van der Waals surface area (Å²) in [6, 6.07) is 8.19. The van der Waals surface area contributed by atoms with Gasteiger partial charge in [-0.25, -0.2) is 0 Å². The van der Waals surface area contributed by atoms with Gasteiger partial charge in [0.25, 0.3) is 0 Å². The highest BCUT2D eigenvalue weighted by Gasteiger charge is 2.01. The number of carbonyl (C=O) groups excluding carboxylic acids is 1. The molecular weight excluding hydrogens is 250 g/mol. The van der Waals surface area contributed by atoms with Crippen LogP contribution in [0.2, 0.25) is 0 Å². The second kappa shape index (κ2) is 6.70. The molecule has 1 aromatic heterocycles. The van der Waals surface area contributed by atoms with Crippen LogP contribution in [0.4, 0.5) is 0 Å². The van der Waals surface area contributed by atoms with Crippen LogP contribution in [-0.2, 0) is 17.8 Å². The first kappa shape index (κ1) is 14.1. The zero-order chi connectivity index (χ0) is 14.4. The molecule has 0 saturated heterocycles. The molecule has 0 unspecified atom stereocenters. The molecule has 4 nitrogen and oxygen atoms in total. The lowest BCUT2D eigenvalue weighted by atomic mass is 10.1. The van der Waals surface area contributed by atoms with Crippen molar-refractivity contribution in [3.63, 3.8) is 0 Å². The second-order valence-electron chi connectivity index (χ2n) is 4.67. The molecule has 2 rings (SSSR count). The van der Waals surface area contributed by atoms with Crippen molar-refractivity contribution < 1.29 is 4.79 Å². The Kier molecular flexibility index (Phi) is 4.71. The molecule has 1 aromatic carbocycles. The summed E-state index contributed by atoms with van der Waals surface area (Å²) in [5.74, 6) is -0.106. The molecule has 4 heteroatoms. The Morgan fingerprint density at radius 3 is 2.70 bits per heavy atom. The van der Waals surface area contributed by atoms with Crippen molar-refractivity contribution in [2.45, 2.75) is 26.8 Å². The van der Waals surface area contributed by atoms with E-state index in [1.807, 2.05) is 25.1 Å². The lowest BCUT2D eigenvalue weighted by molar-refractivity contribution is -0.116. The highest BCUT2D eigenvalue weighted by atomic mass is 16.1. The van der Waals surface area contributed by atoms with Crippen LogP contribution in [-0.4, -0.2) is 16.1 Å². The van der Waals surface area contributed by atoms with Crippen LogP contribution in [0.3, 0.4) is 0 Å². The molecule has 0 radical (unpaired) electrons. The molecule has 0 fully saturated rings. The molecule has 0 aliphatic heterocycles. The van der Waals surface area contributed by atoms with Gasteiger partial charge in [0.1, 0.15) is 0 Å². The van der Waals surface area contributed by atoms with E-state index in [1.54, 1.807) is 12.3 Å². The Hall–Kier alpha value is -2.36.